The van der Waals surface area contributed by atoms with E-state index in [4.69, 9.17) is 0 Å². The number of benzene rings is 2. The molecule has 0 fully saturated rings. The van der Waals surface area contributed by atoms with E-state index < -0.39 is 17.9 Å². The van der Waals surface area contributed by atoms with Crippen molar-refractivity contribution in [2.75, 3.05) is 6.54 Å². The summed E-state index contributed by atoms with van der Waals surface area (Å²) in [5.74, 6) is -2.11. The molecule has 2 rings (SSSR count). The Labute approximate surface area is 158 Å². The van der Waals surface area contributed by atoms with E-state index in [-0.39, 0.29) is 12.5 Å². The van der Waals surface area contributed by atoms with Crippen LogP contribution in [0.25, 0.3) is 0 Å². The van der Waals surface area contributed by atoms with Gasteiger partial charge in [-0.05, 0) is 56.5 Å². The Kier molecular flexibility index (Phi) is 6.34. The summed E-state index contributed by atoms with van der Waals surface area (Å²) in [6.45, 7) is 7.27. The molecular weight excluding hydrogens is 344 g/mol. The quantitative estimate of drug-likeness (QED) is 0.730. The molecule has 1 atom stereocenters. The summed E-state index contributed by atoms with van der Waals surface area (Å²) in [6, 6.07) is 9.47. The lowest BCUT2D eigenvalue weighted by molar-refractivity contribution is -0.141. The van der Waals surface area contributed by atoms with E-state index in [1.807, 2.05) is 39.8 Å². The summed E-state index contributed by atoms with van der Waals surface area (Å²) >= 11 is 0. The number of carboxylic acid groups (broad SMARTS) is 1. The van der Waals surface area contributed by atoms with E-state index in [1.165, 1.54) is 0 Å². The van der Waals surface area contributed by atoms with Gasteiger partial charge in [-0.1, -0.05) is 35.4 Å². The lowest BCUT2D eigenvalue weighted by Crippen LogP contribution is -2.41. The number of carbonyl (C=O) groups is 3. The predicted molar refractivity (Wildman–Crippen MR) is 103 cm³/mol. The minimum atomic E-state index is -1.17. The Hall–Kier alpha value is -3.15. The third-order valence-electron chi connectivity index (χ3n) is 4.31. The number of carboxylic acids is 1. The maximum absolute atomic E-state index is 12.2. The summed E-state index contributed by atoms with van der Waals surface area (Å²) < 4.78 is 0. The molecule has 2 aromatic rings. The normalized spacial score (nSPS) is 11.6. The third-order valence-corrected chi connectivity index (χ3v) is 4.31. The molecule has 3 N–H and O–H groups in total. The number of carbonyl (C=O) groups excluding carboxylic acids is 2. The number of nitrogens with one attached hydrogen (secondary N) is 2. The molecule has 0 aliphatic carbocycles. The molecule has 0 bridgehead atoms. The Morgan fingerprint density at radius 3 is 2.11 bits per heavy atom. The molecule has 142 valence electrons. The molecule has 2 aromatic carbocycles. The van der Waals surface area contributed by atoms with Gasteiger partial charge in [0.1, 0.15) is 0 Å². The monoisotopic (exact) mass is 368 g/mol. The van der Waals surface area contributed by atoms with E-state index in [0.717, 1.165) is 22.3 Å². The van der Waals surface area contributed by atoms with Crippen LogP contribution >= 0.6 is 0 Å². The van der Waals surface area contributed by atoms with Crippen LogP contribution in [0.4, 0.5) is 0 Å². The molecular formula is C21H24N2O4. The summed E-state index contributed by atoms with van der Waals surface area (Å²) in [5.41, 5.74) is 4.82. The highest BCUT2D eigenvalue weighted by atomic mass is 16.4. The van der Waals surface area contributed by atoms with Gasteiger partial charge in [0.15, 0.2) is 6.04 Å². The largest absolute Gasteiger partial charge is 0.479 e. The number of aliphatic carboxylic acids is 1. The van der Waals surface area contributed by atoms with Gasteiger partial charge >= 0.3 is 5.97 Å². The first-order valence-corrected chi connectivity index (χ1v) is 8.63. The molecule has 0 heterocycles. The minimum absolute atomic E-state index is 0.305. The number of aryl methyl sites for hydroxylation is 4. The SMILES string of the molecule is Cc1cc(C)cc(C(NC(=O)CNC(=O)c2ccc(C)c(C)c2)C(=O)O)c1. The summed E-state index contributed by atoms with van der Waals surface area (Å²) in [7, 11) is 0. The van der Waals surface area contributed by atoms with Crippen LogP contribution in [0.15, 0.2) is 36.4 Å². The molecule has 0 spiro atoms. The number of amides is 2. The van der Waals surface area contributed by atoms with Crippen molar-refractivity contribution in [3.8, 4) is 0 Å². The Morgan fingerprint density at radius 1 is 0.926 bits per heavy atom. The Morgan fingerprint density at radius 2 is 1.56 bits per heavy atom. The van der Waals surface area contributed by atoms with Crippen LogP contribution in [0.2, 0.25) is 0 Å². The summed E-state index contributed by atoms with van der Waals surface area (Å²) in [5, 5.41) is 14.4. The van der Waals surface area contributed by atoms with Crippen LogP contribution in [-0.2, 0) is 9.59 Å². The van der Waals surface area contributed by atoms with E-state index in [0.29, 0.717) is 11.1 Å². The van der Waals surface area contributed by atoms with Crippen LogP contribution in [0, 0.1) is 27.7 Å². The Balaban J connectivity index is 2.02. The molecule has 0 aliphatic heterocycles. The lowest BCUT2D eigenvalue weighted by atomic mass is 10.0. The highest BCUT2D eigenvalue weighted by Crippen LogP contribution is 2.17. The molecule has 0 radical (unpaired) electrons. The molecule has 6 heteroatoms. The van der Waals surface area contributed by atoms with Crippen LogP contribution in [0.3, 0.4) is 0 Å². The minimum Gasteiger partial charge on any atom is -0.479 e. The van der Waals surface area contributed by atoms with E-state index >= 15 is 0 Å². The lowest BCUT2D eigenvalue weighted by Gasteiger charge is -2.16. The molecule has 6 nitrogen and oxygen atoms in total. The van der Waals surface area contributed by atoms with Gasteiger partial charge in [-0.25, -0.2) is 4.79 Å². The average molecular weight is 368 g/mol. The standard InChI is InChI=1S/C21H24N2O4/c1-12-7-13(2)9-17(8-12)19(21(26)27)23-18(24)11-22-20(25)16-6-5-14(3)15(4)10-16/h5-10,19H,11H2,1-4H3,(H,22,25)(H,23,24)(H,26,27). The van der Waals surface area contributed by atoms with Crippen LogP contribution in [-0.4, -0.2) is 29.4 Å². The molecule has 0 aliphatic rings. The van der Waals surface area contributed by atoms with Crippen molar-refractivity contribution in [1.82, 2.24) is 10.6 Å². The van der Waals surface area contributed by atoms with Gasteiger partial charge in [-0.2, -0.15) is 0 Å². The van der Waals surface area contributed by atoms with Gasteiger partial charge in [0.25, 0.3) is 5.91 Å². The van der Waals surface area contributed by atoms with Crippen LogP contribution in [0.5, 0.6) is 0 Å². The zero-order chi connectivity index (χ0) is 20.1. The maximum Gasteiger partial charge on any atom is 0.330 e. The molecule has 0 aromatic heterocycles. The highest BCUT2D eigenvalue weighted by molar-refractivity contribution is 5.97. The topological polar surface area (TPSA) is 95.5 Å². The maximum atomic E-state index is 12.2. The molecule has 2 amide bonds. The van der Waals surface area contributed by atoms with Crippen molar-refractivity contribution in [2.24, 2.45) is 0 Å². The van der Waals surface area contributed by atoms with Gasteiger partial charge in [-0.3, -0.25) is 9.59 Å². The smallest absolute Gasteiger partial charge is 0.330 e. The number of hydrogen-bond acceptors (Lipinski definition) is 3. The second kappa shape index (κ2) is 8.49. The zero-order valence-electron chi connectivity index (χ0n) is 15.9. The van der Waals surface area contributed by atoms with Gasteiger partial charge in [0.2, 0.25) is 5.91 Å². The average Bonchev–Trinajstić information content (AvgIpc) is 2.58. The van der Waals surface area contributed by atoms with Crippen LogP contribution in [0.1, 0.15) is 44.2 Å². The Bertz CT molecular complexity index is 869. The molecule has 27 heavy (non-hydrogen) atoms. The van der Waals surface area contributed by atoms with Crippen molar-refractivity contribution in [2.45, 2.75) is 33.7 Å². The fourth-order valence-corrected chi connectivity index (χ4v) is 2.82. The zero-order valence-corrected chi connectivity index (χ0v) is 15.9. The fraction of sp³-hybridized carbons (Fsp3) is 0.286. The number of hydrogen-bond donors (Lipinski definition) is 3. The fourth-order valence-electron chi connectivity index (χ4n) is 2.82. The summed E-state index contributed by atoms with van der Waals surface area (Å²) in [4.78, 5) is 35.9. The van der Waals surface area contributed by atoms with Gasteiger partial charge in [0, 0.05) is 5.56 Å². The molecule has 1 unspecified atom stereocenters. The highest BCUT2D eigenvalue weighted by Gasteiger charge is 2.22. The number of rotatable bonds is 6. The van der Waals surface area contributed by atoms with Crippen molar-refractivity contribution in [1.29, 1.82) is 0 Å². The van der Waals surface area contributed by atoms with Gasteiger partial charge < -0.3 is 15.7 Å². The predicted octanol–water partition coefficient (Wildman–Crippen LogP) is 2.59. The van der Waals surface area contributed by atoms with E-state index in [9.17, 15) is 19.5 Å². The van der Waals surface area contributed by atoms with Crippen molar-refractivity contribution in [3.05, 3.63) is 69.8 Å². The van der Waals surface area contributed by atoms with Crippen LogP contribution < -0.4 is 10.6 Å². The molecule has 0 saturated heterocycles. The van der Waals surface area contributed by atoms with Gasteiger partial charge in [-0.15, -0.1) is 0 Å². The van der Waals surface area contributed by atoms with Crippen molar-refractivity contribution in [3.63, 3.8) is 0 Å². The first kappa shape index (κ1) is 20.2. The third kappa shape index (κ3) is 5.41. The second-order valence-electron chi connectivity index (χ2n) is 6.74. The van der Waals surface area contributed by atoms with E-state index in [1.54, 1.807) is 24.3 Å². The van der Waals surface area contributed by atoms with E-state index in [2.05, 4.69) is 10.6 Å². The first-order valence-electron chi connectivity index (χ1n) is 8.63. The van der Waals surface area contributed by atoms with Crippen molar-refractivity contribution >= 4 is 17.8 Å². The second-order valence-corrected chi connectivity index (χ2v) is 6.74. The summed E-state index contributed by atoms with van der Waals surface area (Å²) in [6.07, 6.45) is 0. The van der Waals surface area contributed by atoms with Gasteiger partial charge in [0.05, 0.1) is 6.54 Å². The molecule has 0 saturated carbocycles. The van der Waals surface area contributed by atoms with Crippen molar-refractivity contribution < 1.29 is 19.5 Å². The first-order chi connectivity index (χ1) is 12.7.